The van der Waals surface area contributed by atoms with Crippen LogP contribution in [0.3, 0.4) is 0 Å². The molecule has 7 heteroatoms. The molecule has 35 heavy (non-hydrogen) atoms. The maximum absolute atomic E-state index is 13.5. The van der Waals surface area contributed by atoms with Crippen LogP contribution in [0.4, 0.5) is 5.69 Å². The topological polar surface area (TPSA) is 75.0 Å². The molecule has 1 fully saturated rings. The number of fused-ring (bicyclic) bond motifs is 1. The zero-order valence-electron chi connectivity index (χ0n) is 19.6. The molecule has 2 heterocycles. The molecule has 1 aromatic heterocycles. The van der Waals surface area contributed by atoms with Crippen molar-refractivity contribution >= 4 is 28.5 Å². The Balaban J connectivity index is 1.35. The van der Waals surface area contributed by atoms with Gasteiger partial charge in [0.25, 0.3) is 11.8 Å². The van der Waals surface area contributed by atoms with Crippen LogP contribution in [0.25, 0.3) is 11.0 Å². The van der Waals surface area contributed by atoms with Crippen molar-refractivity contribution in [2.24, 2.45) is 0 Å². The van der Waals surface area contributed by atoms with Gasteiger partial charge in [-0.3, -0.25) is 14.5 Å². The van der Waals surface area contributed by atoms with E-state index in [1.807, 2.05) is 36.4 Å². The molecule has 4 aromatic rings. The summed E-state index contributed by atoms with van der Waals surface area (Å²) in [5.74, 6) is 0.178. The molecule has 3 aromatic carbocycles. The molecule has 5 rings (SSSR count). The monoisotopic (exact) mass is 469 g/mol. The highest BCUT2D eigenvalue weighted by Crippen LogP contribution is 2.32. The summed E-state index contributed by atoms with van der Waals surface area (Å²) in [4.78, 5) is 30.7. The van der Waals surface area contributed by atoms with Gasteiger partial charge in [-0.25, -0.2) is 0 Å². The zero-order chi connectivity index (χ0) is 24.2. The number of rotatable bonds is 6. The van der Waals surface area contributed by atoms with Gasteiger partial charge >= 0.3 is 0 Å². The maximum atomic E-state index is 13.5. The number of hydrogen-bond acceptors (Lipinski definition) is 5. The fourth-order valence-electron chi connectivity index (χ4n) is 4.36. The first-order valence-electron chi connectivity index (χ1n) is 11.6. The van der Waals surface area contributed by atoms with E-state index >= 15 is 0 Å². The Morgan fingerprint density at radius 1 is 0.914 bits per heavy atom. The van der Waals surface area contributed by atoms with Crippen LogP contribution in [-0.2, 0) is 6.54 Å². The summed E-state index contributed by atoms with van der Waals surface area (Å²) in [6.07, 6.45) is 0. The summed E-state index contributed by atoms with van der Waals surface area (Å²) in [6, 6.07) is 24.5. The zero-order valence-corrected chi connectivity index (χ0v) is 19.6. The normalized spacial score (nSPS) is 14.1. The lowest BCUT2D eigenvalue weighted by Gasteiger charge is -2.34. The van der Waals surface area contributed by atoms with Crippen molar-refractivity contribution in [1.82, 2.24) is 9.80 Å². The number of ether oxygens (including phenoxy) is 1. The van der Waals surface area contributed by atoms with E-state index < -0.39 is 0 Å². The Morgan fingerprint density at radius 3 is 2.43 bits per heavy atom. The Labute approximate surface area is 203 Å². The second-order valence-corrected chi connectivity index (χ2v) is 8.54. The SMILES string of the molecule is COc1cccc(C(=O)Nc2c(C(=O)N3CCN(Cc4ccccc4)CC3)oc3ccccc23)c1. The minimum Gasteiger partial charge on any atom is -0.497 e. The van der Waals surface area contributed by atoms with Crippen molar-refractivity contribution in [2.75, 3.05) is 38.6 Å². The fourth-order valence-corrected chi connectivity index (χ4v) is 4.36. The van der Waals surface area contributed by atoms with Crippen LogP contribution in [-0.4, -0.2) is 54.9 Å². The van der Waals surface area contributed by atoms with Crippen LogP contribution >= 0.6 is 0 Å². The van der Waals surface area contributed by atoms with E-state index in [-0.39, 0.29) is 17.6 Å². The minimum absolute atomic E-state index is 0.152. The number of methoxy groups -OCH3 is 1. The highest BCUT2D eigenvalue weighted by Gasteiger charge is 2.29. The molecule has 178 valence electrons. The molecule has 0 spiro atoms. The number of carbonyl (C=O) groups is 2. The van der Waals surface area contributed by atoms with Crippen molar-refractivity contribution < 1.29 is 18.7 Å². The van der Waals surface area contributed by atoms with Gasteiger partial charge in [0.2, 0.25) is 5.76 Å². The third kappa shape index (κ3) is 4.90. The Morgan fingerprint density at radius 2 is 1.66 bits per heavy atom. The number of nitrogens with zero attached hydrogens (tertiary/aromatic N) is 2. The maximum Gasteiger partial charge on any atom is 0.291 e. The highest BCUT2D eigenvalue weighted by molar-refractivity contribution is 6.14. The van der Waals surface area contributed by atoms with E-state index in [9.17, 15) is 9.59 Å². The summed E-state index contributed by atoms with van der Waals surface area (Å²) >= 11 is 0. The third-order valence-corrected chi connectivity index (χ3v) is 6.27. The molecule has 1 aliphatic rings. The second kappa shape index (κ2) is 10.0. The molecule has 0 atom stereocenters. The van der Waals surface area contributed by atoms with E-state index in [0.29, 0.717) is 41.1 Å². The first kappa shape index (κ1) is 22.7. The van der Waals surface area contributed by atoms with E-state index in [0.717, 1.165) is 19.6 Å². The summed E-state index contributed by atoms with van der Waals surface area (Å²) in [5.41, 5.74) is 2.64. The lowest BCUT2D eigenvalue weighted by atomic mass is 10.1. The van der Waals surface area contributed by atoms with Crippen LogP contribution < -0.4 is 10.1 Å². The average molecular weight is 470 g/mol. The molecule has 0 radical (unpaired) electrons. The van der Waals surface area contributed by atoms with Crippen LogP contribution in [0.5, 0.6) is 5.75 Å². The quantitative estimate of drug-likeness (QED) is 0.445. The molecule has 7 nitrogen and oxygen atoms in total. The van der Waals surface area contributed by atoms with Gasteiger partial charge < -0.3 is 19.4 Å². The van der Waals surface area contributed by atoms with Crippen molar-refractivity contribution in [1.29, 1.82) is 0 Å². The largest absolute Gasteiger partial charge is 0.497 e. The average Bonchev–Trinajstić information content (AvgIpc) is 3.27. The Kier molecular flexibility index (Phi) is 6.50. The fraction of sp³-hybridized carbons (Fsp3) is 0.214. The van der Waals surface area contributed by atoms with Crippen LogP contribution in [0.2, 0.25) is 0 Å². The van der Waals surface area contributed by atoms with E-state index in [1.165, 1.54) is 5.56 Å². The third-order valence-electron chi connectivity index (χ3n) is 6.27. The number of piperazine rings is 1. The number of benzene rings is 3. The van der Waals surface area contributed by atoms with Gasteiger partial charge in [0, 0.05) is 43.7 Å². The van der Waals surface area contributed by atoms with E-state index in [1.54, 1.807) is 42.3 Å². The van der Waals surface area contributed by atoms with Gasteiger partial charge in [0.15, 0.2) is 0 Å². The highest BCUT2D eigenvalue weighted by atomic mass is 16.5. The lowest BCUT2D eigenvalue weighted by Crippen LogP contribution is -2.48. The molecule has 0 saturated carbocycles. The number of carbonyl (C=O) groups excluding carboxylic acids is 2. The standard InChI is InChI=1S/C28H27N3O4/c1-34-22-11-7-10-21(18-22)27(32)29-25-23-12-5-6-13-24(23)35-26(25)28(33)31-16-14-30(15-17-31)19-20-8-3-2-4-9-20/h2-13,18H,14-17,19H2,1H3,(H,29,32). The molecule has 2 amide bonds. The molecule has 0 aliphatic carbocycles. The van der Waals surface area contributed by atoms with Gasteiger partial charge in [-0.05, 0) is 35.9 Å². The molecular weight excluding hydrogens is 442 g/mol. The molecule has 1 N–H and O–H groups in total. The van der Waals surface area contributed by atoms with E-state index in [4.69, 9.17) is 9.15 Å². The molecule has 1 saturated heterocycles. The molecule has 1 aliphatic heterocycles. The second-order valence-electron chi connectivity index (χ2n) is 8.54. The Bertz CT molecular complexity index is 1340. The lowest BCUT2D eigenvalue weighted by molar-refractivity contribution is 0.0601. The number of hydrogen-bond donors (Lipinski definition) is 1. The number of anilines is 1. The van der Waals surface area contributed by atoms with Crippen LogP contribution in [0.15, 0.2) is 83.3 Å². The van der Waals surface area contributed by atoms with Crippen molar-refractivity contribution in [3.63, 3.8) is 0 Å². The van der Waals surface area contributed by atoms with Crippen molar-refractivity contribution in [3.05, 3.63) is 95.7 Å². The van der Waals surface area contributed by atoms with Gasteiger partial charge in [0.1, 0.15) is 17.0 Å². The molecular formula is C28H27N3O4. The summed E-state index contributed by atoms with van der Waals surface area (Å²) in [6.45, 7) is 3.58. The van der Waals surface area contributed by atoms with Crippen molar-refractivity contribution in [2.45, 2.75) is 6.54 Å². The molecule has 0 unspecified atom stereocenters. The summed E-state index contributed by atoms with van der Waals surface area (Å²) in [7, 11) is 1.55. The number of amides is 2. The summed E-state index contributed by atoms with van der Waals surface area (Å²) < 4.78 is 11.2. The predicted molar refractivity (Wildman–Crippen MR) is 135 cm³/mol. The van der Waals surface area contributed by atoms with Crippen molar-refractivity contribution in [3.8, 4) is 5.75 Å². The van der Waals surface area contributed by atoms with E-state index in [2.05, 4.69) is 22.3 Å². The smallest absolute Gasteiger partial charge is 0.291 e. The molecule has 0 bridgehead atoms. The van der Waals surface area contributed by atoms with Crippen LogP contribution in [0, 0.1) is 0 Å². The first-order chi connectivity index (χ1) is 17.1. The number of para-hydroxylation sites is 1. The summed E-state index contributed by atoms with van der Waals surface area (Å²) in [5, 5.41) is 3.61. The van der Waals surface area contributed by atoms with Gasteiger partial charge in [0.05, 0.1) is 7.11 Å². The minimum atomic E-state index is -0.336. The van der Waals surface area contributed by atoms with Gasteiger partial charge in [-0.15, -0.1) is 0 Å². The predicted octanol–water partition coefficient (Wildman–Crippen LogP) is 4.65. The first-order valence-corrected chi connectivity index (χ1v) is 11.6. The van der Waals surface area contributed by atoms with Gasteiger partial charge in [-0.2, -0.15) is 0 Å². The number of nitrogens with one attached hydrogen (secondary N) is 1. The Hall–Kier alpha value is -4.10. The van der Waals surface area contributed by atoms with Crippen LogP contribution in [0.1, 0.15) is 26.5 Å². The van der Waals surface area contributed by atoms with Gasteiger partial charge in [-0.1, -0.05) is 48.5 Å². The number of furan rings is 1.